The Morgan fingerprint density at radius 1 is 1.10 bits per heavy atom. The predicted octanol–water partition coefficient (Wildman–Crippen LogP) is 2.42. The number of nitrogens with one attached hydrogen (secondary N) is 1. The molecule has 0 saturated carbocycles. The summed E-state index contributed by atoms with van der Waals surface area (Å²) in [6, 6.07) is 10.5. The van der Waals surface area contributed by atoms with Crippen molar-refractivity contribution in [3.05, 3.63) is 48.6 Å². The molecule has 104 valence electrons. The molecule has 2 aromatic rings. The van der Waals surface area contributed by atoms with Crippen molar-refractivity contribution in [2.45, 2.75) is 23.8 Å². The average molecular weight is 288 g/mol. The molecule has 4 nitrogen and oxygen atoms in total. The lowest BCUT2D eigenvalue weighted by atomic mass is 10.1. The van der Waals surface area contributed by atoms with Crippen LogP contribution < -0.4 is 10.5 Å². The van der Waals surface area contributed by atoms with Gasteiger partial charge in [-0.25, -0.2) is 13.1 Å². The second-order valence-corrected chi connectivity index (χ2v) is 6.68. The van der Waals surface area contributed by atoms with Crippen LogP contribution in [0.1, 0.15) is 12.8 Å². The zero-order valence-corrected chi connectivity index (χ0v) is 11.7. The Labute approximate surface area is 118 Å². The minimum Gasteiger partial charge on any atom is -0.399 e. The highest BCUT2D eigenvalue weighted by Gasteiger charge is 2.22. The van der Waals surface area contributed by atoms with Crippen LogP contribution >= 0.6 is 0 Å². The van der Waals surface area contributed by atoms with Crippen LogP contribution in [-0.2, 0) is 10.0 Å². The van der Waals surface area contributed by atoms with E-state index in [2.05, 4.69) is 4.72 Å². The van der Waals surface area contributed by atoms with Gasteiger partial charge in [-0.2, -0.15) is 0 Å². The maximum Gasteiger partial charge on any atom is 0.241 e. The maximum atomic E-state index is 12.5. The number of hydrogen-bond acceptors (Lipinski definition) is 3. The molecule has 1 aliphatic carbocycles. The predicted molar refractivity (Wildman–Crippen MR) is 80.8 cm³/mol. The van der Waals surface area contributed by atoms with Crippen molar-refractivity contribution in [1.29, 1.82) is 0 Å². The zero-order valence-electron chi connectivity index (χ0n) is 10.9. The Balaban J connectivity index is 2.04. The van der Waals surface area contributed by atoms with E-state index in [-0.39, 0.29) is 6.04 Å². The summed E-state index contributed by atoms with van der Waals surface area (Å²) >= 11 is 0. The lowest BCUT2D eigenvalue weighted by molar-refractivity contribution is 0.558. The second kappa shape index (κ2) is 4.92. The molecule has 0 unspecified atom stereocenters. The second-order valence-electron chi connectivity index (χ2n) is 5.00. The van der Waals surface area contributed by atoms with Gasteiger partial charge >= 0.3 is 0 Å². The number of hydrogen-bond donors (Lipinski definition) is 2. The number of sulfonamides is 1. The summed E-state index contributed by atoms with van der Waals surface area (Å²) in [6.45, 7) is 0. The molecular formula is C15H16N2O2S. The molecule has 3 rings (SSSR count). The third-order valence-electron chi connectivity index (χ3n) is 3.48. The number of benzene rings is 2. The molecule has 0 spiro atoms. The first-order valence-corrected chi connectivity index (χ1v) is 8.00. The highest BCUT2D eigenvalue weighted by Crippen LogP contribution is 2.25. The van der Waals surface area contributed by atoms with Crippen LogP contribution in [0, 0.1) is 0 Å². The topological polar surface area (TPSA) is 72.2 Å². The Morgan fingerprint density at radius 3 is 2.60 bits per heavy atom. The minimum atomic E-state index is -3.51. The Bertz CT molecular complexity index is 774. The van der Waals surface area contributed by atoms with Crippen molar-refractivity contribution in [1.82, 2.24) is 4.72 Å². The largest absolute Gasteiger partial charge is 0.399 e. The summed E-state index contributed by atoms with van der Waals surface area (Å²) in [4.78, 5) is 0.307. The number of nitrogens with two attached hydrogens (primary N) is 1. The lowest BCUT2D eigenvalue weighted by Gasteiger charge is -2.14. The molecule has 0 fully saturated rings. The quantitative estimate of drug-likeness (QED) is 0.673. The van der Waals surface area contributed by atoms with Crippen LogP contribution in [0.2, 0.25) is 0 Å². The van der Waals surface area contributed by atoms with Crippen LogP contribution in [-0.4, -0.2) is 14.5 Å². The van der Waals surface area contributed by atoms with Gasteiger partial charge in [-0.3, -0.25) is 0 Å². The number of fused-ring (bicyclic) bond motifs is 1. The van der Waals surface area contributed by atoms with Gasteiger partial charge < -0.3 is 5.73 Å². The lowest BCUT2D eigenvalue weighted by Crippen LogP contribution is -2.32. The summed E-state index contributed by atoms with van der Waals surface area (Å²) < 4.78 is 27.8. The molecular weight excluding hydrogens is 272 g/mol. The third kappa shape index (κ3) is 2.42. The Morgan fingerprint density at radius 2 is 1.85 bits per heavy atom. The molecule has 0 saturated heterocycles. The van der Waals surface area contributed by atoms with Gasteiger partial charge in [0.15, 0.2) is 0 Å². The van der Waals surface area contributed by atoms with E-state index in [9.17, 15) is 8.42 Å². The smallest absolute Gasteiger partial charge is 0.241 e. The molecule has 0 amide bonds. The monoisotopic (exact) mass is 288 g/mol. The highest BCUT2D eigenvalue weighted by atomic mass is 32.2. The van der Waals surface area contributed by atoms with Crippen molar-refractivity contribution in [2.75, 3.05) is 5.73 Å². The summed E-state index contributed by atoms with van der Waals surface area (Å²) in [6.07, 6.45) is 5.49. The Hall–Kier alpha value is -1.85. The first-order chi connectivity index (χ1) is 9.56. The third-order valence-corrected chi connectivity index (χ3v) is 5.06. The molecule has 20 heavy (non-hydrogen) atoms. The van der Waals surface area contributed by atoms with Crippen LogP contribution in [0.25, 0.3) is 10.8 Å². The van der Waals surface area contributed by atoms with Gasteiger partial charge in [0.1, 0.15) is 0 Å². The van der Waals surface area contributed by atoms with Gasteiger partial charge in [0, 0.05) is 17.1 Å². The molecule has 0 radical (unpaired) electrons. The number of nitrogen functional groups attached to an aromatic ring is 1. The first-order valence-electron chi connectivity index (χ1n) is 6.52. The normalized spacial score (nSPS) is 16.0. The van der Waals surface area contributed by atoms with Crippen molar-refractivity contribution >= 4 is 26.5 Å². The molecule has 1 aliphatic rings. The molecule has 2 aromatic carbocycles. The van der Waals surface area contributed by atoms with Crippen LogP contribution in [0.4, 0.5) is 5.69 Å². The van der Waals surface area contributed by atoms with E-state index in [0.29, 0.717) is 16.0 Å². The SMILES string of the molecule is Nc1ccc2c(S(=O)(=O)NC3CC=CC3)cccc2c1. The zero-order chi connectivity index (χ0) is 14.2. The van der Waals surface area contributed by atoms with Crippen LogP contribution in [0.15, 0.2) is 53.4 Å². The van der Waals surface area contributed by atoms with Gasteiger partial charge in [0.25, 0.3) is 0 Å². The average Bonchev–Trinajstić information content (AvgIpc) is 2.89. The van der Waals surface area contributed by atoms with Crippen LogP contribution in [0.3, 0.4) is 0 Å². The van der Waals surface area contributed by atoms with E-state index in [1.807, 2.05) is 18.2 Å². The summed E-state index contributed by atoms with van der Waals surface area (Å²) in [5.41, 5.74) is 6.37. The van der Waals surface area contributed by atoms with Gasteiger partial charge in [0.05, 0.1) is 4.90 Å². The van der Waals surface area contributed by atoms with E-state index >= 15 is 0 Å². The van der Waals surface area contributed by atoms with Crippen molar-refractivity contribution < 1.29 is 8.42 Å². The number of anilines is 1. The Kier molecular flexibility index (Phi) is 3.23. The summed E-state index contributed by atoms with van der Waals surface area (Å²) in [5, 5.41) is 1.53. The fourth-order valence-corrected chi connectivity index (χ4v) is 3.99. The molecule has 0 heterocycles. The van der Waals surface area contributed by atoms with E-state index < -0.39 is 10.0 Å². The van der Waals surface area contributed by atoms with Crippen LogP contribution in [0.5, 0.6) is 0 Å². The van der Waals surface area contributed by atoms with Gasteiger partial charge in [-0.1, -0.05) is 30.4 Å². The van der Waals surface area contributed by atoms with E-state index in [1.54, 1.807) is 30.3 Å². The molecule has 5 heteroatoms. The molecule has 0 bridgehead atoms. The standard InChI is InChI=1S/C15H16N2O2S/c16-12-8-9-14-11(10-12)4-3-7-15(14)20(18,19)17-13-5-1-2-6-13/h1-4,7-10,13,17H,5-6,16H2. The molecule has 0 aliphatic heterocycles. The van der Waals surface area contributed by atoms with Gasteiger partial charge in [-0.05, 0) is 36.4 Å². The minimum absolute atomic E-state index is 0.0379. The highest BCUT2D eigenvalue weighted by molar-refractivity contribution is 7.89. The van der Waals surface area contributed by atoms with E-state index in [0.717, 1.165) is 18.2 Å². The molecule has 0 atom stereocenters. The molecule has 3 N–H and O–H groups in total. The van der Waals surface area contributed by atoms with Crippen molar-refractivity contribution in [2.24, 2.45) is 0 Å². The van der Waals surface area contributed by atoms with Gasteiger partial charge in [-0.15, -0.1) is 0 Å². The molecule has 0 aromatic heterocycles. The summed E-state index contributed by atoms with van der Waals surface area (Å²) in [7, 11) is -3.51. The number of rotatable bonds is 3. The van der Waals surface area contributed by atoms with Crippen molar-refractivity contribution in [3.8, 4) is 0 Å². The van der Waals surface area contributed by atoms with E-state index in [1.165, 1.54) is 0 Å². The van der Waals surface area contributed by atoms with E-state index in [4.69, 9.17) is 5.73 Å². The summed E-state index contributed by atoms with van der Waals surface area (Å²) in [5.74, 6) is 0. The fourth-order valence-electron chi connectivity index (χ4n) is 2.50. The van der Waals surface area contributed by atoms with Crippen molar-refractivity contribution in [3.63, 3.8) is 0 Å². The van der Waals surface area contributed by atoms with Gasteiger partial charge in [0.2, 0.25) is 10.0 Å². The fraction of sp³-hybridized carbons (Fsp3) is 0.200. The first kappa shape index (κ1) is 13.1. The maximum absolute atomic E-state index is 12.5.